The minimum absolute atomic E-state index is 0.301. The lowest BCUT2D eigenvalue weighted by Crippen LogP contribution is -2.42. The van der Waals surface area contributed by atoms with E-state index >= 15 is 0 Å². The van der Waals surface area contributed by atoms with E-state index in [0.29, 0.717) is 31.5 Å². The van der Waals surface area contributed by atoms with Crippen LogP contribution >= 0.6 is 0 Å². The first-order valence-corrected chi connectivity index (χ1v) is 8.26. The van der Waals surface area contributed by atoms with Gasteiger partial charge in [0.1, 0.15) is 5.82 Å². The third-order valence-corrected chi connectivity index (χ3v) is 4.64. The smallest absolute Gasteiger partial charge is 0.223 e. The second-order valence-electron chi connectivity index (χ2n) is 6.26. The Balaban J connectivity index is 1.48. The highest BCUT2D eigenvalue weighted by Gasteiger charge is 2.25. The Labute approximate surface area is 132 Å². The second-order valence-corrected chi connectivity index (χ2v) is 6.26. The molecule has 0 N–H and O–H groups in total. The number of amides is 1. The van der Waals surface area contributed by atoms with Gasteiger partial charge in [0.25, 0.3) is 0 Å². The van der Waals surface area contributed by atoms with Crippen LogP contribution in [0.5, 0.6) is 0 Å². The van der Waals surface area contributed by atoms with Crippen LogP contribution in [0, 0.1) is 12.8 Å². The second kappa shape index (κ2) is 7.09. The summed E-state index contributed by atoms with van der Waals surface area (Å²) in [4.78, 5) is 21.2. The summed E-state index contributed by atoms with van der Waals surface area (Å²) in [6.07, 6.45) is 2.84. The number of hydrogen-bond donors (Lipinski definition) is 0. The number of aryl methyl sites for hydroxylation is 1. The number of morpholine rings is 1. The molecule has 2 fully saturated rings. The van der Waals surface area contributed by atoms with Crippen molar-refractivity contribution in [3.63, 3.8) is 0 Å². The van der Waals surface area contributed by atoms with Gasteiger partial charge in [0.15, 0.2) is 0 Å². The van der Waals surface area contributed by atoms with Crippen LogP contribution in [0.3, 0.4) is 0 Å². The van der Waals surface area contributed by atoms with Crippen molar-refractivity contribution in [2.24, 2.45) is 5.92 Å². The van der Waals surface area contributed by atoms with Crippen LogP contribution in [0.4, 0.5) is 5.82 Å². The summed E-state index contributed by atoms with van der Waals surface area (Å²) < 4.78 is 5.31. The maximum atomic E-state index is 12.3. The Morgan fingerprint density at radius 3 is 2.64 bits per heavy atom. The molecule has 3 heterocycles. The van der Waals surface area contributed by atoms with E-state index in [2.05, 4.69) is 22.0 Å². The molecule has 22 heavy (non-hydrogen) atoms. The van der Waals surface area contributed by atoms with Crippen molar-refractivity contribution in [2.45, 2.75) is 26.2 Å². The molecule has 5 heteroatoms. The quantitative estimate of drug-likeness (QED) is 0.855. The van der Waals surface area contributed by atoms with Gasteiger partial charge in [-0.3, -0.25) is 4.79 Å². The minimum atomic E-state index is 0.301. The molecule has 120 valence electrons. The van der Waals surface area contributed by atoms with Crippen molar-refractivity contribution < 1.29 is 9.53 Å². The maximum Gasteiger partial charge on any atom is 0.223 e. The SMILES string of the molecule is Cc1cccc(N2CCC(CC(=O)N3CCOCC3)CC2)n1. The van der Waals surface area contributed by atoms with Gasteiger partial charge in [0.2, 0.25) is 5.91 Å². The molecule has 2 aliphatic rings. The molecule has 0 radical (unpaired) electrons. The Hall–Kier alpha value is -1.62. The molecule has 2 aliphatic heterocycles. The number of ether oxygens (including phenoxy) is 1. The third kappa shape index (κ3) is 3.77. The van der Waals surface area contributed by atoms with E-state index in [-0.39, 0.29) is 0 Å². The van der Waals surface area contributed by atoms with Crippen LogP contribution < -0.4 is 4.90 Å². The third-order valence-electron chi connectivity index (χ3n) is 4.64. The first-order valence-electron chi connectivity index (χ1n) is 8.26. The van der Waals surface area contributed by atoms with Crippen molar-refractivity contribution in [3.8, 4) is 0 Å². The molecular formula is C17H25N3O2. The summed E-state index contributed by atoms with van der Waals surface area (Å²) in [5.41, 5.74) is 1.06. The van der Waals surface area contributed by atoms with Gasteiger partial charge in [0.05, 0.1) is 13.2 Å². The lowest BCUT2D eigenvalue weighted by atomic mass is 9.93. The molecule has 1 amide bonds. The summed E-state index contributed by atoms with van der Waals surface area (Å²) in [6.45, 7) is 6.90. The van der Waals surface area contributed by atoms with Crippen molar-refractivity contribution >= 4 is 11.7 Å². The number of nitrogens with zero attached hydrogens (tertiary/aromatic N) is 3. The molecule has 3 rings (SSSR count). The fourth-order valence-electron chi connectivity index (χ4n) is 3.26. The van der Waals surface area contributed by atoms with Gasteiger partial charge in [-0.15, -0.1) is 0 Å². The number of carbonyl (C=O) groups is 1. The van der Waals surface area contributed by atoms with Gasteiger partial charge in [-0.1, -0.05) is 6.07 Å². The molecule has 0 bridgehead atoms. The summed E-state index contributed by atoms with van der Waals surface area (Å²) in [5.74, 6) is 1.88. The van der Waals surface area contributed by atoms with Crippen molar-refractivity contribution in [1.82, 2.24) is 9.88 Å². The van der Waals surface area contributed by atoms with Crippen molar-refractivity contribution in [2.75, 3.05) is 44.3 Å². The van der Waals surface area contributed by atoms with Crippen LogP contribution in [0.1, 0.15) is 25.0 Å². The molecule has 0 aromatic carbocycles. The predicted octanol–water partition coefficient (Wildman–Crippen LogP) is 1.86. The van der Waals surface area contributed by atoms with Crippen LogP contribution in [-0.4, -0.2) is 55.2 Å². The number of hydrogen-bond acceptors (Lipinski definition) is 4. The number of carbonyl (C=O) groups excluding carboxylic acids is 1. The molecule has 0 aliphatic carbocycles. The molecule has 0 saturated carbocycles. The maximum absolute atomic E-state index is 12.3. The lowest BCUT2D eigenvalue weighted by molar-refractivity contribution is -0.136. The molecule has 1 aromatic heterocycles. The van der Waals surface area contributed by atoms with Crippen LogP contribution in [0.15, 0.2) is 18.2 Å². The van der Waals surface area contributed by atoms with E-state index in [1.807, 2.05) is 17.9 Å². The van der Waals surface area contributed by atoms with Gasteiger partial charge in [-0.05, 0) is 37.8 Å². The summed E-state index contributed by atoms with van der Waals surface area (Å²) in [6, 6.07) is 6.16. The van der Waals surface area contributed by atoms with E-state index < -0.39 is 0 Å². The van der Waals surface area contributed by atoms with Gasteiger partial charge >= 0.3 is 0 Å². The fraction of sp³-hybridized carbons (Fsp3) is 0.647. The Morgan fingerprint density at radius 2 is 1.95 bits per heavy atom. The molecule has 5 nitrogen and oxygen atoms in total. The highest BCUT2D eigenvalue weighted by Crippen LogP contribution is 2.25. The van der Waals surface area contributed by atoms with E-state index in [4.69, 9.17) is 4.74 Å². The highest BCUT2D eigenvalue weighted by atomic mass is 16.5. The molecule has 0 unspecified atom stereocenters. The van der Waals surface area contributed by atoms with Gasteiger partial charge in [-0.25, -0.2) is 4.98 Å². The van der Waals surface area contributed by atoms with Crippen molar-refractivity contribution in [1.29, 1.82) is 0 Å². The largest absolute Gasteiger partial charge is 0.378 e. The monoisotopic (exact) mass is 303 g/mol. The van der Waals surface area contributed by atoms with E-state index in [1.54, 1.807) is 0 Å². The van der Waals surface area contributed by atoms with E-state index in [0.717, 1.165) is 50.5 Å². The minimum Gasteiger partial charge on any atom is -0.378 e. The first kappa shape index (κ1) is 15.3. The number of rotatable bonds is 3. The number of anilines is 1. The van der Waals surface area contributed by atoms with E-state index in [9.17, 15) is 4.79 Å². The topological polar surface area (TPSA) is 45.7 Å². The number of piperidine rings is 1. The summed E-state index contributed by atoms with van der Waals surface area (Å²) in [5, 5.41) is 0. The highest BCUT2D eigenvalue weighted by molar-refractivity contribution is 5.76. The predicted molar refractivity (Wildman–Crippen MR) is 85.9 cm³/mol. The Kier molecular flexibility index (Phi) is 4.93. The average Bonchev–Trinajstić information content (AvgIpc) is 2.56. The fourth-order valence-corrected chi connectivity index (χ4v) is 3.26. The normalized spacial score (nSPS) is 20.2. The Morgan fingerprint density at radius 1 is 1.23 bits per heavy atom. The lowest BCUT2D eigenvalue weighted by Gasteiger charge is -2.34. The molecular weight excluding hydrogens is 278 g/mol. The molecule has 2 saturated heterocycles. The zero-order valence-corrected chi connectivity index (χ0v) is 13.3. The number of pyridine rings is 1. The van der Waals surface area contributed by atoms with Crippen LogP contribution in [0.2, 0.25) is 0 Å². The molecule has 1 aromatic rings. The van der Waals surface area contributed by atoms with Crippen molar-refractivity contribution in [3.05, 3.63) is 23.9 Å². The van der Waals surface area contributed by atoms with Crippen LogP contribution in [0.25, 0.3) is 0 Å². The molecule has 0 spiro atoms. The Bertz CT molecular complexity index is 506. The van der Waals surface area contributed by atoms with Gasteiger partial charge in [-0.2, -0.15) is 0 Å². The van der Waals surface area contributed by atoms with Gasteiger partial charge in [0, 0.05) is 38.3 Å². The van der Waals surface area contributed by atoms with Crippen LogP contribution in [-0.2, 0) is 9.53 Å². The average molecular weight is 303 g/mol. The zero-order chi connectivity index (χ0) is 15.4. The van der Waals surface area contributed by atoms with E-state index in [1.165, 1.54) is 0 Å². The summed E-state index contributed by atoms with van der Waals surface area (Å²) >= 11 is 0. The summed E-state index contributed by atoms with van der Waals surface area (Å²) in [7, 11) is 0. The first-order chi connectivity index (χ1) is 10.7. The standard InChI is InChI=1S/C17H25N3O2/c1-14-3-2-4-16(18-14)19-7-5-15(6-8-19)13-17(21)20-9-11-22-12-10-20/h2-4,15H,5-13H2,1H3. The molecule has 0 atom stereocenters. The van der Waals surface area contributed by atoms with Gasteiger partial charge < -0.3 is 14.5 Å². The number of aromatic nitrogens is 1. The zero-order valence-electron chi connectivity index (χ0n) is 13.3.